The zero-order valence-corrected chi connectivity index (χ0v) is 14.8. The zero-order valence-electron chi connectivity index (χ0n) is 14.8. The van der Waals surface area contributed by atoms with Crippen LogP contribution in [0.4, 0.5) is 17.1 Å². The van der Waals surface area contributed by atoms with E-state index in [0.717, 1.165) is 38.2 Å². The molecule has 6 nitrogen and oxygen atoms in total. The summed E-state index contributed by atoms with van der Waals surface area (Å²) in [6, 6.07) is 23.0. The van der Waals surface area contributed by atoms with E-state index >= 15 is 0 Å². The molecule has 1 heterocycles. The third-order valence-corrected chi connectivity index (χ3v) is 4.55. The fourth-order valence-electron chi connectivity index (χ4n) is 3.16. The second-order valence-corrected chi connectivity index (χ2v) is 6.27. The van der Waals surface area contributed by atoms with Gasteiger partial charge in [-0.15, -0.1) is 0 Å². The van der Waals surface area contributed by atoms with Crippen LogP contribution >= 0.6 is 0 Å². The van der Waals surface area contributed by atoms with Crippen LogP contribution in [0.25, 0.3) is 21.8 Å². The van der Waals surface area contributed by atoms with Gasteiger partial charge in [-0.1, -0.05) is 36.4 Å². The molecule has 3 aromatic carbocycles. The molecule has 0 spiro atoms. The Balaban J connectivity index is 1.86. The van der Waals surface area contributed by atoms with E-state index in [9.17, 15) is 4.79 Å². The van der Waals surface area contributed by atoms with E-state index in [0.29, 0.717) is 5.69 Å². The Morgan fingerprint density at radius 2 is 1.26 bits per heavy atom. The van der Waals surface area contributed by atoms with Gasteiger partial charge in [0.05, 0.1) is 28.1 Å². The molecule has 0 saturated carbocycles. The van der Waals surface area contributed by atoms with Crippen molar-refractivity contribution in [3.8, 4) is 0 Å². The van der Waals surface area contributed by atoms with Gasteiger partial charge in [-0.2, -0.15) is 0 Å². The van der Waals surface area contributed by atoms with Gasteiger partial charge >= 0.3 is 0 Å². The summed E-state index contributed by atoms with van der Waals surface area (Å²) in [7, 11) is 0. The van der Waals surface area contributed by atoms with Crippen molar-refractivity contribution in [1.82, 2.24) is 4.98 Å². The molecule has 1 amide bonds. The molecular weight excluding hydrogens is 338 g/mol. The standard InChI is InChI=1S/C21H19N5O/c1-14(27)25(22)15-10-12-16(13-11-15)26(23)21-17-6-2-4-8-19(17)24-20-9-5-3-7-18(20)21/h2-13H,22-23H2,1H3. The number of fused-ring (bicyclic) bond motifs is 2. The van der Waals surface area contributed by atoms with Crippen molar-refractivity contribution in [3.63, 3.8) is 0 Å². The molecule has 0 radical (unpaired) electrons. The normalized spacial score (nSPS) is 10.9. The summed E-state index contributed by atoms with van der Waals surface area (Å²) < 4.78 is 0. The highest BCUT2D eigenvalue weighted by molar-refractivity contribution is 6.09. The maximum absolute atomic E-state index is 11.4. The monoisotopic (exact) mass is 357 g/mol. The highest BCUT2D eigenvalue weighted by atomic mass is 16.2. The lowest BCUT2D eigenvalue weighted by Crippen LogP contribution is -2.35. The van der Waals surface area contributed by atoms with E-state index in [1.807, 2.05) is 60.7 Å². The summed E-state index contributed by atoms with van der Waals surface area (Å²) in [6.45, 7) is 1.42. The lowest BCUT2D eigenvalue weighted by Gasteiger charge is -2.23. The average molecular weight is 357 g/mol. The molecule has 4 rings (SSSR count). The van der Waals surface area contributed by atoms with Crippen molar-refractivity contribution in [2.24, 2.45) is 11.7 Å². The Morgan fingerprint density at radius 1 is 0.778 bits per heavy atom. The SMILES string of the molecule is CC(=O)N(N)c1ccc(N(N)c2c3ccccc3nc3ccccc23)cc1. The third kappa shape index (κ3) is 2.97. The number of hydrazine groups is 2. The number of anilines is 3. The van der Waals surface area contributed by atoms with Gasteiger partial charge in [0.15, 0.2) is 0 Å². The molecule has 0 atom stereocenters. The number of carbonyl (C=O) groups excluding carboxylic acids is 1. The van der Waals surface area contributed by atoms with Crippen molar-refractivity contribution in [2.45, 2.75) is 6.92 Å². The zero-order chi connectivity index (χ0) is 19.0. The highest BCUT2D eigenvalue weighted by Crippen LogP contribution is 2.36. The largest absolute Gasteiger partial charge is 0.278 e. The smallest absolute Gasteiger partial charge is 0.238 e. The van der Waals surface area contributed by atoms with E-state index in [2.05, 4.69) is 0 Å². The maximum atomic E-state index is 11.4. The number of amides is 1. The van der Waals surface area contributed by atoms with Crippen LogP contribution in [-0.2, 0) is 4.79 Å². The number of rotatable bonds is 3. The first-order valence-electron chi connectivity index (χ1n) is 8.54. The molecule has 6 heteroatoms. The Hall–Kier alpha value is -3.48. The Labute approximate surface area is 156 Å². The number of pyridine rings is 1. The molecule has 27 heavy (non-hydrogen) atoms. The molecule has 0 aliphatic heterocycles. The summed E-state index contributed by atoms with van der Waals surface area (Å²) >= 11 is 0. The highest BCUT2D eigenvalue weighted by Gasteiger charge is 2.15. The van der Waals surface area contributed by atoms with Crippen LogP contribution in [0.5, 0.6) is 0 Å². The van der Waals surface area contributed by atoms with E-state index < -0.39 is 0 Å². The number of hydrogen-bond donors (Lipinski definition) is 2. The topological polar surface area (TPSA) is 88.5 Å². The van der Waals surface area contributed by atoms with Crippen molar-refractivity contribution in [1.29, 1.82) is 0 Å². The van der Waals surface area contributed by atoms with Crippen molar-refractivity contribution < 1.29 is 4.79 Å². The van der Waals surface area contributed by atoms with Crippen LogP contribution in [0.15, 0.2) is 72.8 Å². The molecule has 0 fully saturated rings. The third-order valence-electron chi connectivity index (χ3n) is 4.55. The van der Waals surface area contributed by atoms with Gasteiger partial charge in [0.2, 0.25) is 5.91 Å². The van der Waals surface area contributed by atoms with Gasteiger partial charge in [0, 0.05) is 17.7 Å². The number of carbonyl (C=O) groups is 1. The first-order valence-corrected chi connectivity index (χ1v) is 8.54. The molecule has 0 aliphatic rings. The van der Waals surface area contributed by atoms with Crippen molar-refractivity contribution in [3.05, 3.63) is 72.8 Å². The Morgan fingerprint density at radius 3 is 1.78 bits per heavy atom. The van der Waals surface area contributed by atoms with Crippen LogP contribution in [0.1, 0.15) is 6.92 Å². The molecule has 134 valence electrons. The van der Waals surface area contributed by atoms with Gasteiger partial charge in [-0.05, 0) is 36.4 Å². The fraction of sp³-hybridized carbons (Fsp3) is 0.0476. The van der Waals surface area contributed by atoms with Crippen LogP contribution < -0.4 is 21.7 Å². The average Bonchev–Trinajstić information content (AvgIpc) is 2.71. The van der Waals surface area contributed by atoms with Crippen LogP contribution in [0.2, 0.25) is 0 Å². The maximum Gasteiger partial charge on any atom is 0.238 e. The minimum absolute atomic E-state index is 0.238. The molecule has 0 unspecified atom stereocenters. The van der Waals surface area contributed by atoms with E-state index in [-0.39, 0.29) is 5.91 Å². The van der Waals surface area contributed by atoms with Crippen LogP contribution in [0.3, 0.4) is 0 Å². The summed E-state index contributed by atoms with van der Waals surface area (Å²) in [4.78, 5) is 16.2. The molecule has 1 aromatic heterocycles. The van der Waals surface area contributed by atoms with E-state index in [1.54, 1.807) is 17.1 Å². The summed E-state index contributed by atoms with van der Waals surface area (Å²) in [5.41, 5.74) is 4.01. The van der Waals surface area contributed by atoms with Crippen LogP contribution in [0, 0.1) is 0 Å². The Bertz CT molecular complexity index is 1090. The first-order chi connectivity index (χ1) is 13.1. The minimum Gasteiger partial charge on any atom is -0.278 e. The number of hydrogen-bond acceptors (Lipinski definition) is 5. The van der Waals surface area contributed by atoms with Gasteiger partial charge in [-0.25, -0.2) is 21.7 Å². The minimum atomic E-state index is -0.238. The lowest BCUT2D eigenvalue weighted by molar-refractivity contribution is -0.116. The van der Waals surface area contributed by atoms with Crippen molar-refractivity contribution in [2.75, 3.05) is 10.0 Å². The molecule has 4 N–H and O–H groups in total. The summed E-state index contributed by atoms with van der Waals surface area (Å²) in [6.07, 6.45) is 0. The van der Waals surface area contributed by atoms with Crippen molar-refractivity contribution >= 4 is 44.8 Å². The Kier molecular flexibility index (Phi) is 4.19. The molecule has 0 bridgehead atoms. The van der Waals surface area contributed by atoms with Gasteiger partial charge < -0.3 is 0 Å². The summed E-state index contributed by atoms with van der Waals surface area (Å²) in [5.74, 6) is 12.0. The molecule has 4 aromatic rings. The van der Waals surface area contributed by atoms with Gasteiger partial charge in [-0.3, -0.25) is 9.80 Å². The first kappa shape index (κ1) is 17.0. The summed E-state index contributed by atoms with van der Waals surface area (Å²) in [5, 5.41) is 4.67. The number of benzene rings is 3. The fourth-order valence-corrected chi connectivity index (χ4v) is 3.16. The predicted octanol–water partition coefficient (Wildman–Crippen LogP) is 3.63. The molecular formula is C21H19N5O. The van der Waals surface area contributed by atoms with E-state index in [1.165, 1.54) is 6.92 Å². The quantitative estimate of drug-likeness (QED) is 0.253. The lowest BCUT2D eigenvalue weighted by atomic mass is 10.1. The number of para-hydroxylation sites is 2. The predicted molar refractivity (Wildman–Crippen MR) is 109 cm³/mol. The number of nitrogens with two attached hydrogens (primary N) is 2. The second-order valence-electron chi connectivity index (χ2n) is 6.27. The van der Waals surface area contributed by atoms with E-state index in [4.69, 9.17) is 16.7 Å². The molecule has 0 aliphatic carbocycles. The van der Waals surface area contributed by atoms with Crippen LogP contribution in [-0.4, -0.2) is 10.9 Å². The second kappa shape index (κ2) is 6.68. The molecule has 0 saturated heterocycles. The number of nitrogens with zero attached hydrogens (tertiary/aromatic N) is 3. The number of aromatic nitrogens is 1. The van der Waals surface area contributed by atoms with Gasteiger partial charge in [0.1, 0.15) is 0 Å². The van der Waals surface area contributed by atoms with Gasteiger partial charge in [0.25, 0.3) is 0 Å².